The van der Waals surface area contributed by atoms with E-state index in [1.54, 1.807) is 56.7 Å². The van der Waals surface area contributed by atoms with Crippen LogP contribution in [-0.2, 0) is 9.47 Å². The maximum atomic E-state index is 12.1. The molecule has 0 N–H and O–H groups in total. The lowest BCUT2D eigenvalue weighted by atomic mass is 10.2. The monoisotopic (exact) mass is 346 g/mol. The van der Waals surface area contributed by atoms with Gasteiger partial charge < -0.3 is 18.4 Å². The lowest BCUT2D eigenvalue weighted by Crippen LogP contribution is -2.08. The second kappa shape index (κ2) is 9.12. The van der Waals surface area contributed by atoms with Gasteiger partial charge in [0.1, 0.15) is 11.5 Å². The van der Waals surface area contributed by atoms with Gasteiger partial charge in [0.25, 0.3) is 0 Å². The van der Waals surface area contributed by atoms with E-state index in [0.29, 0.717) is 17.1 Å². The number of rotatable bonds is 7. The van der Waals surface area contributed by atoms with Crippen LogP contribution in [0.3, 0.4) is 0 Å². The van der Waals surface area contributed by atoms with Crippen molar-refractivity contribution in [2.45, 2.75) is 6.29 Å². The minimum Gasteiger partial charge on any atom is -0.429 e. The summed E-state index contributed by atoms with van der Waals surface area (Å²) in [5, 5.41) is 0. The van der Waals surface area contributed by atoms with E-state index in [0.717, 1.165) is 5.56 Å². The van der Waals surface area contributed by atoms with Crippen molar-refractivity contribution >= 4 is 25.0 Å². The van der Waals surface area contributed by atoms with E-state index >= 15 is 0 Å². The fourth-order valence-corrected chi connectivity index (χ4v) is 2.03. The number of carbonyl (C=O) groups is 1. The Bertz CT molecular complexity index is 676. The van der Waals surface area contributed by atoms with Crippen LogP contribution >= 0.6 is 12.9 Å². The molecule has 0 amide bonds. The molecule has 0 saturated carbocycles. The molecule has 0 heterocycles. The zero-order valence-electron chi connectivity index (χ0n) is 13.3. The smallest absolute Gasteiger partial charge is 0.343 e. The molecule has 0 bridgehead atoms. The maximum absolute atomic E-state index is 12.1. The van der Waals surface area contributed by atoms with Crippen LogP contribution in [0.15, 0.2) is 54.6 Å². The van der Waals surface area contributed by atoms with Gasteiger partial charge in [0.2, 0.25) is 0 Å². The molecule has 0 aromatic heterocycles. The molecule has 0 aliphatic heterocycles. The first-order valence-corrected chi connectivity index (χ1v) is 7.50. The molecule has 6 heteroatoms. The molecule has 0 fully saturated rings. The van der Waals surface area contributed by atoms with Crippen molar-refractivity contribution in [2.75, 3.05) is 14.2 Å². The third kappa shape index (κ3) is 5.13. The van der Waals surface area contributed by atoms with Crippen molar-refractivity contribution in [2.24, 2.45) is 0 Å². The van der Waals surface area contributed by atoms with Crippen molar-refractivity contribution in [3.8, 4) is 11.5 Å². The lowest BCUT2D eigenvalue weighted by Gasteiger charge is -2.07. The van der Waals surface area contributed by atoms with Gasteiger partial charge in [-0.25, -0.2) is 4.79 Å². The lowest BCUT2D eigenvalue weighted by molar-refractivity contribution is -0.0660. The summed E-state index contributed by atoms with van der Waals surface area (Å²) in [6, 6.07) is 13.6. The number of methoxy groups -OCH3 is 2. The highest BCUT2D eigenvalue weighted by Crippen LogP contribution is 2.17. The highest BCUT2D eigenvalue weighted by atomic mass is 32.1. The van der Waals surface area contributed by atoms with Crippen LogP contribution in [0.25, 0.3) is 6.08 Å². The Morgan fingerprint density at radius 3 is 2.08 bits per heavy atom. The fourth-order valence-electron chi connectivity index (χ4n) is 1.91. The third-order valence-corrected chi connectivity index (χ3v) is 3.41. The van der Waals surface area contributed by atoms with Gasteiger partial charge in [0.05, 0.1) is 5.56 Å². The molecule has 2 aromatic carbocycles. The zero-order chi connectivity index (χ0) is 17.4. The number of esters is 1. The molecule has 0 spiro atoms. The number of ether oxygens (including phenoxy) is 3. The minimum absolute atomic E-state index is 0.397. The van der Waals surface area contributed by atoms with Crippen LogP contribution < -0.4 is 8.92 Å². The highest BCUT2D eigenvalue weighted by Gasteiger charge is 2.08. The van der Waals surface area contributed by atoms with E-state index in [-0.39, 0.29) is 0 Å². The summed E-state index contributed by atoms with van der Waals surface area (Å²) in [7, 11) is 3.13. The van der Waals surface area contributed by atoms with Crippen molar-refractivity contribution in [3.05, 3.63) is 65.7 Å². The standard InChI is InChI=1S/C18H18O5S/c1-20-17(21-2)12-5-13-3-8-15(9-4-13)22-18(19)14-6-10-16(23-24)11-7-14/h3-12,17,24H,1-2H3/b12-5+. The Hall–Kier alpha value is -2.28. The maximum Gasteiger partial charge on any atom is 0.343 e. The number of thiol groups is 1. The summed E-state index contributed by atoms with van der Waals surface area (Å²) < 4.78 is 20.2. The Balaban J connectivity index is 1.98. The highest BCUT2D eigenvalue weighted by molar-refractivity contribution is 7.75. The Kier molecular flexibility index (Phi) is 6.87. The number of benzene rings is 2. The zero-order valence-corrected chi connectivity index (χ0v) is 14.2. The van der Waals surface area contributed by atoms with Crippen LogP contribution in [0.1, 0.15) is 15.9 Å². The normalized spacial score (nSPS) is 11.0. The molecule has 2 rings (SSSR count). The molecule has 0 aliphatic rings. The van der Waals surface area contributed by atoms with Crippen LogP contribution in [0, 0.1) is 0 Å². The average Bonchev–Trinajstić information content (AvgIpc) is 2.64. The van der Waals surface area contributed by atoms with Gasteiger partial charge in [-0.15, -0.1) is 0 Å². The first-order chi connectivity index (χ1) is 11.7. The van der Waals surface area contributed by atoms with Gasteiger partial charge in [-0.05, 0) is 48.0 Å². The number of carbonyl (C=O) groups excluding carboxylic acids is 1. The van der Waals surface area contributed by atoms with Crippen LogP contribution in [0.4, 0.5) is 0 Å². The molecule has 0 aliphatic carbocycles. The first kappa shape index (κ1) is 18.1. The molecular formula is C18H18O5S. The van der Waals surface area contributed by atoms with Crippen molar-refractivity contribution in [1.82, 2.24) is 0 Å². The molecule has 0 saturated heterocycles. The summed E-state index contributed by atoms with van der Waals surface area (Å²) in [6.07, 6.45) is 3.25. The summed E-state index contributed by atoms with van der Waals surface area (Å²) in [6.45, 7) is 0. The molecule has 126 valence electrons. The summed E-state index contributed by atoms with van der Waals surface area (Å²) in [4.78, 5) is 12.1. The summed E-state index contributed by atoms with van der Waals surface area (Å²) in [5.74, 6) is 0.570. The van der Waals surface area contributed by atoms with Crippen LogP contribution in [0.2, 0.25) is 0 Å². The van der Waals surface area contributed by atoms with Gasteiger partial charge >= 0.3 is 5.97 Å². The van der Waals surface area contributed by atoms with Gasteiger partial charge in [0.15, 0.2) is 6.29 Å². The molecule has 0 radical (unpaired) electrons. The van der Waals surface area contributed by atoms with E-state index in [4.69, 9.17) is 18.4 Å². The molecule has 5 nitrogen and oxygen atoms in total. The van der Waals surface area contributed by atoms with E-state index < -0.39 is 12.3 Å². The van der Waals surface area contributed by atoms with E-state index in [1.165, 1.54) is 0 Å². The van der Waals surface area contributed by atoms with Crippen LogP contribution in [-0.4, -0.2) is 26.5 Å². The van der Waals surface area contributed by atoms with Crippen molar-refractivity contribution < 1.29 is 23.2 Å². The molecule has 2 aromatic rings. The first-order valence-electron chi connectivity index (χ1n) is 7.14. The number of hydrogen-bond acceptors (Lipinski definition) is 6. The van der Waals surface area contributed by atoms with Crippen molar-refractivity contribution in [1.29, 1.82) is 0 Å². The molecule has 0 unspecified atom stereocenters. The fraction of sp³-hybridized carbons (Fsp3) is 0.167. The van der Waals surface area contributed by atoms with E-state index in [9.17, 15) is 4.79 Å². The Morgan fingerprint density at radius 2 is 1.54 bits per heavy atom. The van der Waals surface area contributed by atoms with Crippen molar-refractivity contribution in [3.63, 3.8) is 0 Å². The second-order valence-electron chi connectivity index (χ2n) is 4.77. The molecular weight excluding hydrogens is 328 g/mol. The number of hydrogen-bond donors (Lipinski definition) is 1. The van der Waals surface area contributed by atoms with Crippen LogP contribution in [0.5, 0.6) is 11.5 Å². The largest absolute Gasteiger partial charge is 0.429 e. The van der Waals surface area contributed by atoms with Gasteiger partial charge in [-0.1, -0.05) is 18.2 Å². The third-order valence-electron chi connectivity index (χ3n) is 3.20. The average molecular weight is 346 g/mol. The van der Waals surface area contributed by atoms with Gasteiger partial charge in [0, 0.05) is 27.1 Å². The van der Waals surface area contributed by atoms with Gasteiger partial charge in [-0.3, -0.25) is 0 Å². The second-order valence-corrected chi connectivity index (χ2v) is 4.96. The Labute approximate surface area is 146 Å². The van der Waals surface area contributed by atoms with E-state index in [1.807, 2.05) is 18.2 Å². The topological polar surface area (TPSA) is 54.0 Å². The quantitative estimate of drug-likeness (QED) is 0.272. The predicted octanol–water partition coefficient (Wildman–Crippen LogP) is 3.76. The minimum atomic E-state index is -0.442. The summed E-state index contributed by atoms with van der Waals surface area (Å²) >= 11 is 3.69. The van der Waals surface area contributed by atoms with Gasteiger partial charge in [-0.2, -0.15) is 0 Å². The predicted molar refractivity (Wildman–Crippen MR) is 94.3 cm³/mol. The Morgan fingerprint density at radius 1 is 0.958 bits per heavy atom. The molecule has 0 atom stereocenters. The molecule has 24 heavy (non-hydrogen) atoms. The SMILES string of the molecule is COC(/C=C/c1ccc(OC(=O)c2ccc(OS)cc2)cc1)OC. The summed E-state index contributed by atoms with van der Waals surface area (Å²) in [5.41, 5.74) is 1.36. The van der Waals surface area contributed by atoms with E-state index in [2.05, 4.69) is 12.9 Å².